The third-order valence-corrected chi connectivity index (χ3v) is 20.1. The molecule has 0 saturated carbocycles. The molecule has 12 heterocycles. The maximum atomic E-state index is 14.2. The number of hydrogen-bond acceptors (Lipinski definition) is 35. The van der Waals surface area contributed by atoms with Gasteiger partial charge in [-0.1, -0.05) is 0 Å². The number of H-pyrrole nitrogens is 3. The number of aromatic nitrogens is 14. The molecule has 12 rings (SSSR count). The Balaban J connectivity index is 0.734. The molecule has 99 heavy (non-hydrogen) atoms. The van der Waals surface area contributed by atoms with Crippen molar-refractivity contribution in [2.75, 3.05) is 56.0 Å². The topological polar surface area (TPSA) is 666 Å². The number of phosphoric acid groups is 4. The smallest absolute Gasteiger partial charge is 0.394 e. The first-order chi connectivity index (χ1) is 46.8. The molecule has 0 spiro atoms. The van der Waals surface area contributed by atoms with E-state index in [2.05, 4.69) is 44.9 Å². The molecule has 538 valence electrons. The minimum Gasteiger partial charge on any atom is -0.394 e. The zero-order valence-electron chi connectivity index (χ0n) is 50.9. The van der Waals surface area contributed by atoms with Gasteiger partial charge in [0.2, 0.25) is 11.9 Å². The highest BCUT2D eigenvalue weighted by Gasteiger charge is 2.50. The van der Waals surface area contributed by atoms with E-state index in [0.29, 0.717) is 0 Å². The van der Waals surface area contributed by atoms with Crippen LogP contribution in [0.5, 0.6) is 0 Å². The van der Waals surface area contributed by atoms with E-state index in [1.807, 2.05) is 0 Å². The molecule has 51 heteroatoms. The summed E-state index contributed by atoms with van der Waals surface area (Å²) in [5.41, 5.74) is 17.3. The highest BCUT2D eigenvalue weighted by Crippen LogP contribution is 2.55. The van der Waals surface area contributed by atoms with E-state index in [9.17, 15) is 76.8 Å². The normalized spacial score (nSPS) is 29.7. The summed E-state index contributed by atoms with van der Waals surface area (Å²) in [5.74, 6) is -0.912. The minimum absolute atomic E-state index is 0.00711. The van der Waals surface area contributed by atoms with Gasteiger partial charge in [0.25, 0.3) is 16.7 Å². The summed E-state index contributed by atoms with van der Waals surface area (Å²) >= 11 is 0. The van der Waals surface area contributed by atoms with Gasteiger partial charge < -0.3 is 76.4 Å². The van der Waals surface area contributed by atoms with Gasteiger partial charge in [-0.25, -0.2) is 42.6 Å². The van der Waals surface area contributed by atoms with E-state index < -0.39 is 210 Å². The van der Waals surface area contributed by atoms with Gasteiger partial charge in [-0.15, -0.1) is 0 Å². The van der Waals surface area contributed by atoms with Crippen molar-refractivity contribution in [2.24, 2.45) is 0 Å². The molecule has 5 aliphatic heterocycles. The number of nitrogens with zero attached hydrogens (tertiary/aromatic N) is 11. The fourth-order valence-corrected chi connectivity index (χ4v) is 15.3. The lowest BCUT2D eigenvalue weighted by atomic mass is 10.2. The van der Waals surface area contributed by atoms with E-state index in [4.69, 9.17) is 82.8 Å². The number of nitrogens with two attached hydrogens (primary N) is 4. The lowest BCUT2D eigenvalue weighted by Crippen LogP contribution is -2.33. The Bertz CT molecular complexity index is 4780. The second kappa shape index (κ2) is 28.1. The average molecular weight is 1480 g/mol. The zero-order valence-corrected chi connectivity index (χ0v) is 54.4. The Labute approximate surface area is 549 Å². The number of rotatable bonds is 26. The number of nitrogen functional groups attached to an aromatic ring is 4. The molecule has 5 aliphatic rings. The zero-order chi connectivity index (χ0) is 70.8. The van der Waals surface area contributed by atoms with Crippen molar-refractivity contribution >= 4 is 77.2 Å². The summed E-state index contributed by atoms with van der Waals surface area (Å²) in [6, 6.07) is 2.50. The molecule has 0 radical (unpaired) electrons. The number of aryl methyl sites for hydroxylation is 1. The van der Waals surface area contributed by atoms with Gasteiger partial charge in [-0.3, -0.25) is 88.4 Å². The average Bonchev–Trinajstić information content (AvgIpc) is 1.62. The van der Waals surface area contributed by atoms with Crippen molar-refractivity contribution in [3.8, 4) is 0 Å². The van der Waals surface area contributed by atoms with Gasteiger partial charge in [0, 0.05) is 56.3 Å². The molecule has 0 aromatic carbocycles. The summed E-state index contributed by atoms with van der Waals surface area (Å²) in [5, 5.41) is 21.0. The van der Waals surface area contributed by atoms with Gasteiger partial charge in [-0.2, -0.15) is 19.9 Å². The monoisotopic (exact) mass is 1480 g/mol. The number of anilines is 4. The number of aliphatic hydroxyl groups is 2. The second-order valence-corrected chi connectivity index (χ2v) is 28.4. The van der Waals surface area contributed by atoms with Crippen molar-refractivity contribution < 1.29 is 108 Å². The van der Waals surface area contributed by atoms with Gasteiger partial charge >= 0.3 is 48.4 Å². The predicted octanol–water partition coefficient (Wildman–Crippen LogP) is -3.25. The number of phosphoric ester groups is 4. The lowest BCUT2D eigenvalue weighted by Gasteiger charge is -2.25. The Morgan fingerprint density at radius 3 is 1.25 bits per heavy atom. The lowest BCUT2D eigenvalue weighted by molar-refractivity contribution is -0.0645. The van der Waals surface area contributed by atoms with E-state index in [0.717, 1.165) is 32.4 Å². The van der Waals surface area contributed by atoms with Crippen molar-refractivity contribution in [3.63, 3.8) is 0 Å². The van der Waals surface area contributed by atoms with Crippen LogP contribution in [0.1, 0.15) is 68.8 Å². The van der Waals surface area contributed by atoms with Crippen molar-refractivity contribution in [3.05, 3.63) is 111 Å². The number of fused-ring (bicyclic) bond motifs is 2. The SMILES string of the molecule is Cc1cn([C@H]2C[C@H](OP(=O)(O)OC[C@H]3O[C@@H](n4ccc(N)nc4=O)C[C@@H]3OP(=O)(O)OC[C@H]3O[C@@H](n4cnc5c(=O)[nH]c(N)nc54)C[C@@H]3OP(=O)(O)OC[C@H]3O[C@@H](n4ccc(N)nc4=O)C[C@@H]3O)[C@@H](COP(=O)(O)O[C@H]3C[C@H](n4cnc5c(=O)[nH]c(N)nc54)O[C@@H]3CO)O2)c(=O)[nH]c1=O. The van der Waals surface area contributed by atoms with Crippen LogP contribution in [0, 0.1) is 6.92 Å². The molecule has 19 atom stereocenters. The van der Waals surface area contributed by atoms with E-state index in [1.54, 1.807) is 0 Å². The maximum absolute atomic E-state index is 14.2. The summed E-state index contributed by atoms with van der Waals surface area (Å²) in [4.78, 5) is 151. The first-order valence-corrected chi connectivity index (χ1v) is 35.4. The maximum Gasteiger partial charge on any atom is 0.472 e. The van der Waals surface area contributed by atoms with E-state index in [-0.39, 0.29) is 64.3 Å². The van der Waals surface area contributed by atoms with Crippen LogP contribution in [0.3, 0.4) is 0 Å². The number of imidazole rings is 2. The van der Waals surface area contributed by atoms with Crippen LogP contribution in [-0.2, 0) is 78.1 Å². The number of hydrogen-bond donors (Lipinski definition) is 13. The van der Waals surface area contributed by atoms with Crippen LogP contribution >= 0.6 is 31.3 Å². The fourth-order valence-electron chi connectivity index (χ4n) is 11.5. The van der Waals surface area contributed by atoms with Gasteiger partial charge in [0.1, 0.15) is 97.7 Å². The Hall–Kier alpha value is -7.50. The van der Waals surface area contributed by atoms with E-state index in [1.165, 1.54) is 40.7 Å². The molecule has 7 aromatic rings. The van der Waals surface area contributed by atoms with Crippen molar-refractivity contribution in [1.82, 2.24) is 67.7 Å². The molecule has 0 amide bonds. The van der Waals surface area contributed by atoms with Crippen molar-refractivity contribution in [2.45, 2.75) is 131 Å². The first-order valence-electron chi connectivity index (χ1n) is 29.4. The second-order valence-electron chi connectivity index (χ2n) is 22.8. The van der Waals surface area contributed by atoms with Crippen molar-refractivity contribution in [1.29, 1.82) is 0 Å². The highest BCUT2D eigenvalue weighted by atomic mass is 31.2. The van der Waals surface area contributed by atoms with Crippen LogP contribution in [0.15, 0.2) is 72.1 Å². The molecule has 17 N–H and O–H groups in total. The quantitative estimate of drug-likeness (QED) is 0.0237. The number of aliphatic hydroxyl groups excluding tert-OH is 2. The van der Waals surface area contributed by atoms with Crippen LogP contribution in [-0.4, -0.2) is 192 Å². The van der Waals surface area contributed by atoms with Gasteiger partial charge in [0.05, 0.1) is 51.8 Å². The Kier molecular flexibility index (Phi) is 20.3. The third-order valence-electron chi connectivity index (χ3n) is 16.1. The first kappa shape index (κ1) is 71.3. The Morgan fingerprint density at radius 1 is 0.495 bits per heavy atom. The highest BCUT2D eigenvalue weighted by molar-refractivity contribution is 7.48. The fraction of sp³-hybridized carbons (Fsp3) is 0.542. The number of ether oxygens (including phenoxy) is 5. The molecule has 7 aromatic heterocycles. The third kappa shape index (κ3) is 16.0. The molecule has 0 bridgehead atoms. The molecule has 4 unspecified atom stereocenters. The van der Waals surface area contributed by atoms with Crippen LogP contribution in [0.4, 0.5) is 23.5 Å². The molecular weight excluding hydrogens is 1420 g/mol. The Morgan fingerprint density at radius 2 is 0.848 bits per heavy atom. The van der Waals surface area contributed by atoms with Gasteiger partial charge in [-0.05, 0) is 19.1 Å². The standard InChI is InChI=1S/C48H62N18O29P4/c1-19-11-64(48(74)61-41(19)69)34-9-23(28(90-34)15-84-97(77,78)92-21-7-35(87-25(21)12-67)65-17-53-37-39(65)57-44(51)59-42(37)70)94-99(81,82)85-14-27-22(8-33(89-27)63-5-3-31(50)56-47(63)73)93-98(79,80)86-16-29-24(10-36(91-29)66-18-54-38-40(66)58-45(52)60-43(38)71)95-96(75,76)83-13-26-20(68)6-32(88-26)62-4-2-30(49)55-46(62)72/h2-5,11,17-18,20-29,32-36,67-68H,6-10,12-16H2,1H3,(H,75,76)(H,77,78)(H,79,80)(H,81,82)(H2,49,55,72)(H2,50,56,73)(H,61,69,74)(H3,51,57,59,70)(H3,52,58,60,71)/t20-,21-,22-,23-,24-,25+,26+,27+,28+,29+,32+,33+,34+,35+,36+/m0/s1. The molecule has 5 saturated heterocycles. The summed E-state index contributed by atoms with van der Waals surface area (Å²) in [6.07, 6.45) is -18.1. The van der Waals surface area contributed by atoms with Crippen LogP contribution < -0.4 is 56.7 Å². The number of aromatic amines is 3. The van der Waals surface area contributed by atoms with Crippen LogP contribution in [0.2, 0.25) is 0 Å². The summed E-state index contributed by atoms with van der Waals surface area (Å²) in [7, 11) is -21.6. The summed E-state index contributed by atoms with van der Waals surface area (Å²) in [6.45, 7) is -3.36. The van der Waals surface area contributed by atoms with Crippen LogP contribution in [0.25, 0.3) is 22.3 Å². The molecular formula is C48H62N18O29P4. The van der Waals surface area contributed by atoms with Gasteiger partial charge in [0.15, 0.2) is 22.3 Å². The molecule has 47 nitrogen and oxygen atoms in total. The van der Waals surface area contributed by atoms with E-state index >= 15 is 0 Å². The molecule has 5 fully saturated rings. The summed E-state index contributed by atoms with van der Waals surface area (Å²) < 4.78 is 134. The largest absolute Gasteiger partial charge is 0.472 e. The minimum atomic E-state index is -5.54. The molecule has 0 aliphatic carbocycles. The predicted molar refractivity (Wildman–Crippen MR) is 325 cm³/mol. The number of nitrogens with one attached hydrogen (secondary N) is 3.